The van der Waals surface area contributed by atoms with Crippen molar-refractivity contribution in [3.05, 3.63) is 0 Å². The molecule has 0 saturated carbocycles. The molecule has 22 heavy (non-hydrogen) atoms. The van der Waals surface area contributed by atoms with Crippen LogP contribution in [0.5, 0.6) is 0 Å². The Morgan fingerprint density at radius 3 is 1.64 bits per heavy atom. The Balaban J connectivity index is 4.81. The van der Waals surface area contributed by atoms with Gasteiger partial charge in [0.2, 0.25) is 0 Å². The van der Waals surface area contributed by atoms with E-state index in [2.05, 4.69) is 64.9 Å². The molecule has 0 aliphatic rings. The van der Waals surface area contributed by atoms with Crippen molar-refractivity contribution in [3.8, 4) is 0 Å². The second-order valence-corrected chi connectivity index (χ2v) is 12.2. The number of hydrogen-bond acceptors (Lipinski definition) is 3. The van der Waals surface area contributed by atoms with Gasteiger partial charge < -0.3 is 14.2 Å². The van der Waals surface area contributed by atoms with Crippen molar-refractivity contribution in [2.45, 2.75) is 65.1 Å². The average molecular weight is 331 g/mol. The molecule has 3 nitrogen and oxygen atoms in total. The molecule has 0 radical (unpaired) electrons. The largest absolute Gasteiger partial charge is 0.418 e. The average Bonchev–Trinajstić information content (AvgIpc) is 2.36. The molecule has 0 amide bonds. The van der Waals surface area contributed by atoms with Gasteiger partial charge >= 0.3 is 0 Å². The molecule has 0 spiro atoms. The van der Waals surface area contributed by atoms with Crippen molar-refractivity contribution in [1.82, 2.24) is 9.80 Å². The summed E-state index contributed by atoms with van der Waals surface area (Å²) in [6, 6.07) is 1.31. The third-order valence-electron chi connectivity index (χ3n) is 4.71. The molecular formula is C18H42N2OSi. The van der Waals surface area contributed by atoms with Gasteiger partial charge in [0.1, 0.15) is 0 Å². The van der Waals surface area contributed by atoms with Crippen molar-refractivity contribution < 1.29 is 4.43 Å². The van der Waals surface area contributed by atoms with Gasteiger partial charge in [0.15, 0.2) is 8.32 Å². The van der Waals surface area contributed by atoms with Crippen molar-refractivity contribution in [1.29, 1.82) is 0 Å². The maximum Gasteiger partial charge on any atom is 0.187 e. The van der Waals surface area contributed by atoms with E-state index in [4.69, 9.17) is 4.43 Å². The zero-order valence-corrected chi connectivity index (χ0v) is 17.7. The van der Waals surface area contributed by atoms with E-state index >= 15 is 0 Å². The third-order valence-corrected chi connectivity index (χ3v) is 7.38. The summed E-state index contributed by atoms with van der Waals surface area (Å²) in [7, 11) is 7.18. The normalized spacial score (nSPS) is 13.4. The van der Waals surface area contributed by atoms with Crippen molar-refractivity contribution >= 4 is 8.32 Å². The first-order chi connectivity index (χ1) is 10.2. The van der Waals surface area contributed by atoms with Crippen molar-refractivity contribution in [2.24, 2.45) is 5.41 Å². The van der Waals surface area contributed by atoms with Crippen molar-refractivity contribution in [3.63, 3.8) is 0 Å². The van der Waals surface area contributed by atoms with Crippen molar-refractivity contribution in [2.75, 3.05) is 47.9 Å². The topological polar surface area (TPSA) is 15.7 Å². The van der Waals surface area contributed by atoms with Crippen LogP contribution in [-0.2, 0) is 4.43 Å². The Hall–Kier alpha value is 0.0969. The minimum Gasteiger partial charge on any atom is -0.418 e. The Labute approximate surface area is 141 Å². The molecule has 0 heterocycles. The van der Waals surface area contributed by atoms with E-state index < -0.39 is 8.32 Å². The highest BCUT2D eigenvalue weighted by molar-refractivity contribution is 6.71. The summed E-state index contributed by atoms with van der Waals surface area (Å²) in [6.07, 6.45) is 6.59. The summed E-state index contributed by atoms with van der Waals surface area (Å²) in [5.74, 6) is 0. The predicted molar refractivity (Wildman–Crippen MR) is 102 cm³/mol. The molecule has 0 rings (SSSR count). The fourth-order valence-electron chi connectivity index (χ4n) is 3.67. The zero-order valence-electron chi connectivity index (χ0n) is 16.7. The Morgan fingerprint density at radius 2 is 1.32 bits per heavy atom. The molecular weight excluding hydrogens is 288 g/mol. The summed E-state index contributed by atoms with van der Waals surface area (Å²) in [5.41, 5.74) is 0.483. The van der Waals surface area contributed by atoms with Gasteiger partial charge in [-0.15, -0.1) is 0 Å². The smallest absolute Gasteiger partial charge is 0.187 e. The summed E-state index contributed by atoms with van der Waals surface area (Å²) >= 11 is 0. The highest BCUT2D eigenvalue weighted by Crippen LogP contribution is 2.42. The molecule has 0 saturated heterocycles. The van der Waals surface area contributed by atoms with Crippen LogP contribution in [0.1, 0.15) is 46.0 Å². The van der Waals surface area contributed by atoms with Crippen LogP contribution >= 0.6 is 0 Å². The van der Waals surface area contributed by atoms with E-state index in [1.54, 1.807) is 0 Å². The standard InChI is InChI=1S/C18H42N2OSi/c1-9-18(13-11-15-19(3)4,14-12-16-20(5)6)17-22(7,8)21-10-2/h9-17H2,1-8H3. The molecule has 0 aromatic heterocycles. The highest BCUT2D eigenvalue weighted by Gasteiger charge is 2.36. The van der Waals surface area contributed by atoms with Gasteiger partial charge in [-0.1, -0.05) is 13.3 Å². The van der Waals surface area contributed by atoms with Crippen LogP contribution in [0.2, 0.25) is 19.1 Å². The fourth-order valence-corrected chi connectivity index (χ4v) is 6.96. The second kappa shape index (κ2) is 10.8. The molecule has 0 bridgehead atoms. The first-order valence-corrected chi connectivity index (χ1v) is 12.2. The Kier molecular flexibility index (Phi) is 10.8. The molecule has 0 aliphatic carbocycles. The van der Waals surface area contributed by atoms with Crippen LogP contribution in [0.3, 0.4) is 0 Å². The molecule has 134 valence electrons. The van der Waals surface area contributed by atoms with Gasteiger partial charge in [-0.3, -0.25) is 0 Å². The van der Waals surface area contributed by atoms with Gasteiger partial charge in [0.25, 0.3) is 0 Å². The van der Waals surface area contributed by atoms with E-state index in [0.29, 0.717) is 5.41 Å². The first-order valence-electron chi connectivity index (χ1n) is 9.10. The SMILES string of the molecule is CCO[Si](C)(C)CC(CC)(CCCN(C)C)CCCN(C)C. The highest BCUT2D eigenvalue weighted by atomic mass is 28.4. The maximum absolute atomic E-state index is 6.16. The fraction of sp³-hybridized carbons (Fsp3) is 1.00. The van der Waals surface area contributed by atoms with Crippen LogP contribution < -0.4 is 0 Å². The Bertz CT molecular complexity index is 266. The number of nitrogens with zero attached hydrogens (tertiary/aromatic N) is 2. The minimum atomic E-state index is -1.54. The van der Waals surface area contributed by atoms with E-state index in [-0.39, 0.29) is 0 Å². The monoisotopic (exact) mass is 330 g/mol. The quantitative estimate of drug-likeness (QED) is 0.468. The van der Waals surface area contributed by atoms with Gasteiger partial charge in [-0.05, 0) is 98.4 Å². The molecule has 0 aromatic carbocycles. The first kappa shape index (κ1) is 22.1. The molecule has 0 atom stereocenters. The lowest BCUT2D eigenvalue weighted by Crippen LogP contribution is -2.39. The van der Waals surface area contributed by atoms with E-state index in [0.717, 1.165) is 6.61 Å². The lowest BCUT2D eigenvalue weighted by molar-refractivity contribution is 0.206. The number of hydrogen-bond donors (Lipinski definition) is 0. The van der Waals surface area contributed by atoms with Gasteiger partial charge in [-0.25, -0.2) is 0 Å². The van der Waals surface area contributed by atoms with Gasteiger partial charge in [0, 0.05) is 6.61 Å². The van der Waals surface area contributed by atoms with E-state index in [9.17, 15) is 0 Å². The summed E-state index contributed by atoms with van der Waals surface area (Å²) in [6.45, 7) is 12.6. The number of rotatable bonds is 13. The van der Waals surface area contributed by atoms with E-state index in [1.807, 2.05) is 0 Å². The van der Waals surface area contributed by atoms with Gasteiger partial charge in [-0.2, -0.15) is 0 Å². The van der Waals surface area contributed by atoms with Crippen LogP contribution in [0.25, 0.3) is 0 Å². The lowest BCUT2D eigenvalue weighted by atomic mass is 9.78. The van der Waals surface area contributed by atoms with Crippen LogP contribution in [0.4, 0.5) is 0 Å². The van der Waals surface area contributed by atoms with Gasteiger partial charge in [0.05, 0.1) is 0 Å². The molecule has 0 fully saturated rings. The lowest BCUT2D eigenvalue weighted by Gasteiger charge is -2.39. The molecule has 4 heteroatoms. The Morgan fingerprint density at radius 1 is 0.864 bits per heavy atom. The predicted octanol–water partition coefficient (Wildman–Crippen LogP) is 4.31. The van der Waals surface area contributed by atoms with Crippen LogP contribution in [-0.4, -0.2) is 66.0 Å². The molecule has 0 unspecified atom stereocenters. The third kappa shape index (κ3) is 9.98. The summed E-state index contributed by atoms with van der Waals surface area (Å²) in [4.78, 5) is 4.62. The molecule has 0 N–H and O–H groups in total. The molecule has 0 aromatic rings. The zero-order chi connectivity index (χ0) is 17.2. The second-order valence-electron chi connectivity index (χ2n) is 8.04. The summed E-state index contributed by atoms with van der Waals surface area (Å²) < 4.78 is 6.16. The molecule has 0 aliphatic heterocycles. The van der Waals surface area contributed by atoms with Crippen LogP contribution in [0.15, 0.2) is 0 Å². The minimum absolute atomic E-state index is 0.483. The van der Waals surface area contributed by atoms with E-state index in [1.165, 1.54) is 51.2 Å². The maximum atomic E-state index is 6.16. The summed E-state index contributed by atoms with van der Waals surface area (Å²) in [5, 5.41) is 0. The van der Waals surface area contributed by atoms with Crippen LogP contribution in [0, 0.1) is 5.41 Å².